The molecule has 1 aliphatic carbocycles. The number of aromatic hydroxyl groups is 1. The first kappa shape index (κ1) is 15.2. The van der Waals surface area contributed by atoms with Gasteiger partial charge >= 0.3 is 0 Å². The van der Waals surface area contributed by atoms with Gasteiger partial charge in [0.1, 0.15) is 16.5 Å². The largest absolute Gasteiger partial charge is 0.506 e. The Morgan fingerprint density at radius 2 is 1.82 bits per heavy atom. The molecular weight excluding hydrogens is 323 g/mol. The van der Waals surface area contributed by atoms with Gasteiger partial charge in [-0.3, -0.25) is 4.79 Å². The van der Waals surface area contributed by atoms with Crippen LogP contribution >= 0.6 is 23.2 Å². The number of phenols is 1. The molecule has 0 fully saturated rings. The number of halogens is 2. The van der Waals surface area contributed by atoms with E-state index >= 15 is 0 Å². The maximum Gasteiger partial charge on any atom is 0.175 e. The fraction of sp³-hybridized carbons (Fsp3) is 0.235. The van der Waals surface area contributed by atoms with Crippen LogP contribution in [0.4, 0.5) is 0 Å². The first-order chi connectivity index (χ1) is 10.4. The number of carbonyl (C=O) groups excluding carboxylic acids is 1. The van der Waals surface area contributed by atoms with Crippen LogP contribution in [-0.2, 0) is 11.8 Å². The Labute approximate surface area is 138 Å². The lowest BCUT2D eigenvalue weighted by Gasteiger charge is -2.22. The molecule has 2 aromatic rings. The molecule has 2 aromatic carbocycles. The van der Waals surface area contributed by atoms with Gasteiger partial charge in [0.15, 0.2) is 5.78 Å². The maximum atomic E-state index is 12.9. The van der Waals surface area contributed by atoms with Crippen molar-refractivity contribution in [1.29, 1.82) is 0 Å². The summed E-state index contributed by atoms with van der Waals surface area (Å²) in [6.45, 7) is 1.87. The summed E-state index contributed by atoms with van der Waals surface area (Å²) >= 11 is 12.1. The molecule has 114 valence electrons. The second-order valence-electron chi connectivity index (χ2n) is 5.62. The highest BCUT2D eigenvalue weighted by atomic mass is 35.5. The minimum Gasteiger partial charge on any atom is -0.506 e. The van der Waals surface area contributed by atoms with Crippen molar-refractivity contribution < 1.29 is 14.6 Å². The first-order valence-electron chi connectivity index (χ1n) is 6.77. The molecule has 3 nitrogen and oxygen atoms in total. The van der Waals surface area contributed by atoms with E-state index in [-0.39, 0.29) is 21.6 Å². The molecule has 1 aliphatic rings. The second kappa shape index (κ2) is 5.18. The van der Waals surface area contributed by atoms with E-state index in [2.05, 4.69) is 0 Å². The molecule has 1 unspecified atom stereocenters. The summed E-state index contributed by atoms with van der Waals surface area (Å²) in [5.74, 6) is 0.547. The quantitative estimate of drug-likeness (QED) is 0.883. The van der Waals surface area contributed by atoms with Crippen LogP contribution in [0.15, 0.2) is 30.3 Å². The zero-order chi connectivity index (χ0) is 16.1. The number of ketones is 1. The number of hydrogen-bond donors (Lipinski definition) is 1. The fourth-order valence-corrected chi connectivity index (χ4v) is 3.43. The highest BCUT2D eigenvalue weighted by Crippen LogP contribution is 2.47. The number of carbonyl (C=O) groups is 1. The van der Waals surface area contributed by atoms with Crippen LogP contribution in [-0.4, -0.2) is 18.0 Å². The minimum atomic E-state index is -0.727. The second-order valence-corrected chi connectivity index (χ2v) is 6.38. The molecule has 0 aromatic heterocycles. The average Bonchev–Trinajstić information content (AvgIpc) is 2.77. The smallest absolute Gasteiger partial charge is 0.175 e. The fourth-order valence-electron chi connectivity index (χ4n) is 2.98. The first-order valence-corrected chi connectivity index (χ1v) is 7.53. The van der Waals surface area contributed by atoms with E-state index in [0.29, 0.717) is 12.0 Å². The Kier molecular flexibility index (Phi) is 3.58. The van der Waals surface area contributed by atoms with Gasteiger partial charge in [-0.1, -0.05) is 35.3 Å². The van der Waals surface area contributed by atoms with Gasteiger partial charge in [0.25, 0.3) is 0 Å². The Morgan fingerprint density at radius 1 is 1.18 bits per heavy atom. The van der Waals surface area contributed by atoms with Crippen LogP contribution < -0.4 is 4.74 Å². The van der Waals surface area contributed by atoms with E-state index in [1.807, 2.05) is 31.2 Å². The monoisotopic (exact) mass is 336 g/mol. The van der Waals surface area contributed by atoms with Crippen LogP contribution in [0.1, 0.15) is 28.4 Å². The van der Waals surface area contributed by atoms with Crippen LogP contribution in [0.2, 0.25) is 10.0 Å². The minimum absolute atomic E-state index is 0.0211. The third-order valence-corrected chi connectivity index (χ3v) is 5.13. The number of phenolic OH excluding ortho intramolecular Hbond substituents is 1. The van der Waals surface area contributed by atoms with E-state index in [1.54, 1.807) is 7.11 Å². The third kappa shape index (κ3) is 2.08. The summed E-state index contributed by atoms with van der Waals surface area (Å²) in [7, 11) is 1.60. The molecule has 0 spiro atoms. The molecule has 0 bridgehead atoms. The van der Waals surface area contributed by atoms with Crippen LogP contribution in [0.3, 0.4) is 0 Å². The van der Waals surface area contributed by atoms with E-state index in [0.717, 1.165) is 16.9 Å². The summed E-state index contributed by atoms with van der Waals surface area (Å²) in [5.41, 5.74) is 1.27. The average molecular weight is 337 g/mol. The van der Waals surface area contributed by atoms with Crippen molar-refractivity contribution in [3.05, 3.63) is 57.1 Å². The molecule has 22 heavy (non-hydrogen) atoms. The van der Waals surface area contributed by atoms with Crippen LogP contribution in [0.5, 0.6) is 11.5 Å². The molecule has 0 amide bonds. The Hall–Kier alpha value is -1.71. The molecule has 3 rings (SSSR count). The zero-order valence-corrected chi connectivity index (χ0v) is 13.6. The Balaban J connectivity index is 2.11. The number of fused-ring (bicyclic) bond motifs is 1. The Bertz CT molecular complexity index is 768. The molecule has 5 heteroatoms. The van der Waals surface area contributed by atoms with Crippen molar-refractivity contribution in [3.8, 4) is 11.5 Å². The van der Waals surface area contributed by atoms with Crippen molar-refractivity contribution in [2.24, 2.45) is 0 Å². The summed E-state index contributed by atoms with van der Waals surface area (Å²) < 4.78 is 5.15. The predicted molar refractivity (Wildman–Crippen MR) is 86.5 cm³/mol. The number of Topliss-reactive ketones (excluding diaryl/α,β-unsaturated/α-hetero) is 1. The molecule has 0 heterocycles. The lowest BCUT2D eigenvalue weighted by molar-refractivity contribution is 0.0915. The van der Waals surface area contributed by atoms with E-state index < -0.39 is 5.41 Å². The Morgan fingerprint density at radius 3 is 2.41 bits per heavy atom. The number of rotatable bonds is 2. The van der Waals surface area contributed by atoms with Gasteiger partial charge in [-0.25, -0.2) is 0 Å². The van der Waals surface area contributed by atoms with Crippen molar-refractivity contribution in [2.45, 2.75) is 18.8 Å². The van der Waals surface area contributed by atoms with E-state index in [9.17, 15) is 9.90 Å². The summed E-state index contributed by atoms with van der Waals surface area (Å²) in [5, 5.41) is 9.96. The van der Waals surface area contributed by atoms with Gasteiger partial charge in [0.2, 0.25) is 0 Å². The molecule has 0 aliphatic heterocycles. The van der Waals surface area contributed by atoms with E-state index in [1.165, 1.54) is 6.07 Å². The number of benzene rings is 2. The van der Waals surface area contributed by atoms with Gasteiger partial charge in [-0.15, -0.1) is 0 Å². The van der Waals surface area contributed by atoms with Gasteiger partial charge in [0.05, 0.1) is 17.5 Å². The number of hydrogen-bond acceptors (Lipinski definition) is 3. The molecule has 1 N–H and O–H groups in total. The molecule has 0 saturated heterocycles. The van der Waals surface area contributed by atoms with Gasteiger partial charge in [-0.2, -0.15) is 0 Å². The molecule has 1 atom stereocenters. The standard InChI is InChI=1S/C17H14Cl2O3/c1-17(10-3-5-11(22-2)6-4-10)8-9-7-12(20)14(18)15(19)13(9)16(17)21/h3-7,20H,8H2,1-2H3. The third-order valence-electron chi connectivity index (χ3n) is 4.27. The van der Waals surface area contributed by atoms with Crippen molar-refractivity contribution >= 4 is 29.0 Å². The van der Waals surface area contributed by atoms with Gasteiger partial charge in [0, 0.05) is 5.56 Å². The van der Waals surface area contributed by atoms with E-state index in [4.69, 9.17) is 27.9 Å². The summed E-state index contributed by atoms with van der Waals surface area (Å²) in [4.78, 5) is 12.9. The summed E-state index contributed by atoms with van der Waals surface area (Å²) in [6.07, 6.45) is 0.470. The highest BCUT2D eigenvalue weighted by Gasteiger charge is 2.45. The zero-order valence-electron chi connectivity index (χ0n) is 12.1. The van der Waals surface area contributed by atoms with Crippen molar-refractivity contribution in [1.82, 2.24) is 0 Å². The van der Waals surface area contributed by atoms with Crippen LogP contribution in [0.25, 0.3) is 0 Å². The molecule has 0 radical (unpaired) electrons. The lowest BCUT2D eigenvalue weighted by Crippen LogP contribution is -2.29. The van der Waals surface area contributed by atoms with Crippen molar-refractivity contribution in [3.63, 3.8) is 0 Å². The van der Waals surface area contributed by atoms with Crippen LogP contribution in [0, 0.1) is 0 Å². The number of ether oxygens (including phenoxy) is 1. The maximum absolute atomic E-state index is 12.9. The normalized spacial score (nSPS) is 20.1. The van der Waals surface area contributed by atoms with Gasteiger partial charge in [-0.05, 0) is 42.7 Å². The highest BCUT2D eigenvalue weighted by molar-refractivity contribution is 6.45. The molecule has 0 saturated carbocycles. The lowest BCUT2D eigenvalue weighted by atomic mass is 9.79. The predicted octanol–water partition coefficient (Wildman–Crippen LogP) is 4.40. The topological polar surface area (TPSA) is 46.5 Å². The number of methoxy groups -OCH3 is 1. The van der Waals surface area contributed by atoms with Crippen molar-refractivity contribution in [2.75, 3.05) is 7.11 Å². The van der Waals surface area contributed by atoms with Gasteiger partial charge < -0.3 is 9.84 Å². The molecular formula is C17H14Cl2O3. The summed E-state index contributed by atoms with van der Waals surface area (Å²) in [6, 6.07) is 8.91. The SMILES string of the molecule is COc1ccc(C2(C)Cc3cc(O)c(Cl)c(Cl)c3C2=O)cc1.